The van der Waals surface area contributed by atoms with Crippen LogP contribution < -0.4 is 5.32 Å². The molecule has 1 unspecified atom stereocenters. The number of hydrogen-bond donors (Lipinski definition) is 1. The molecule has 0 bridgehead atoms. The summed E-state index contributed by atoms with van der Waals surface area (Å²) in [7, 11) is 1.63. The Bertz CT molecular complexity index is 984. The van der Waals surface area contributed by atoms with Crippen molar-refractivity contribution in [2.24, 2.45) is 5.92 Å². The van der Waals surface area contributed by atoms with Crippen molar-refractivity contribution < 1.29 is 40.3 Å². The molecule has 2 aromatic carbocycles. The van der Waals surface area contributed by atoms with Crippen LogP contribution in [0, 0.1) is 11.7 Å². The molecule has 1 heterocycles. The van der Waals surface area contributed by atoms with E-state index >= 15 is 0 Å². The highest BCUT2D eigenvalue weighted by molar-refractivity contribution is 5.78. The summed E-state index contributed by atoms with van der Waals surface area (Å²) < 4.78 is 97.8. The van der Waals surface area contributed by atoms with Crippen LogP contribution in [0.2, 0.25) is 0 Å². The van der Waals surface area contributed by atoms with Crippen LogP contribution in [0.1, 0.15) is 41.0 Å². The maximum Gasteiger partial charge on any atom is 0.416 e. The molecular weight excluding hydrogens is 493 g/mol. The van der Waals surface area contributed by atoms with Crippen molar-refractivity contribution in [3.63, 3.8) is 0 Å². The SMILES string of the molecule is CN(CC(COCc1cc(C(F)(F)F)cc(C(F)(F)F)c1)c1ccc(F)cc1)C(=O)C1CCNCC1. The Morgan fingerprint density at radius 1 is 1.00 bits per heavy atom. The monoisotopic (exact) mass is 520 g/mol. The standard InChI is InChI=1S/C25H27F7N2O2/c1-34(23(35)18-6-8-33-9-7-18)13-19(17-2-4-22(26)5-3-17)15-36-14-16-10-20(24(27,28)29)12-21(11-16)25(30,31)32/h2-5,10-12,18-19,33H,6-9,13-15H2,1H3. The maximum absolute atomic E-state index is 13.4. The van der Waals surface area contributed by atoms with E-state index in [1.807, 2.05) is 0 Å². The third kappa shape index (κ3) is 7.67. The van der Waals surface area contributed by atoms with Crippen LogP contribution in [0.15, 0.2) is 42.5 Å². The van der Waals surface area contributed by atoms with Crippen molar-refractivity contribution in [2.75, 3.05) is 33.3 Å². The normalized spacial score (nSPS) is 16.1. The van der Waals surface area contributed by atoms with Crippen molar-refractivity contribution >= 4 is 5.91 Å². The molecule has 198 valence electrons. The summed E-state index contributed by atoms with van der Waals surface area (Å²) in [6, 6.07) is 6.80. The van der Waals surface area contributed by atoms with Crippen LogP contribution in [-0.2, 0) is 28.5 Å². The van der Waals surface area contributed by atoms with Crippen LogP contribution in [0.25, 0.3) is 0 Å². The van der Waals surface area contributed by atoms with Gasteiger partial charge in [0.25, 0.3) is 0 Å². The van der Waals surface area contributed by atoms with Gasteiger partial charge < -0.3 is 15.0 Å². The number of amides is 1. The third-order valence-electron chi connectivity index (χ3n) is 6.14. The minimum Gasteiger partial charge on any atom is -0.376 e. The number of benzene rings is 2. The molecule has 11 heteroatoms. The van der Waals surface area contributed by atoms with Gasteiger partial charge in [-0.25, -0.2) is 4.39 Å². The Balaban J connectivity index is 1.74. The van der Waals surface area contributed by atoms with Crippen molar-refractivity contribution in [1.29, 1.82) is 0 Å². The quantitative estimate of drug-likeness (QED) is 0.460. The van der Waals surface area contributed by atoms with Gasteiger partial charge in [-0.05, 0) is 67.4 Å². The van der Waals surface area contributed by atoms with E-state index in [1.165, 1.54) is 24.3 Å². The zero-order chi connectivity index (χ0) is 26.5. The Morgan fingerprint density at radius 2 is 1.56 bits per heavy atom. The molecule has 0 radical (unpaired) electrons. The minimum absolute atomic E-state index is 0.0590. The van der Waals surface area contributed by atoms with Crippen LogP contribution in [0.5, 0.6) is 0 Å². The fourth-order valence-corrected chi connectivity index (χ4v) is 4.21. The second-order valence-electron chi connectivity index (χ2n) is 8.92. The zero-order valence-corrected chi connectivity index (χ0v) is 19.6. The van der Waals surface area contributed by atoms with Gasteiger partial charge in [0, 0.05) is 25.4 Å². The highest BCUT2D eigenvalue weighted by atomic mass is 19.4. The second-order valence-corrected chi connectivity index (χ2v) is 8.92. The number of likely N-dealkylation sites (N-methyl/N-ethyl adjacent to an activating group) is 1. The van der Waals surface area contributed by atoms with Gasteiger partial charge in [0.1, 0.15) is 5.82 Å². The lowest BCUT2D eigenvalue weighted by atomic mass is 9.95. The number of carbonyl (C=O) groups is 1. The average Bonchev–Trinajstić information content (AvgIpc) is 2.82. The molecule has 0 aliphatic carbocycles. The second kappa shape index (κ2) is 11.6. The summed E-state index contributed by atoms with van der Waals surface area (Å²) in [5, 5.41) is 3.18. The molecule has 3 rings (SSSR count). The molecule has 4 nitrogen and oxygen atoms in total. The van der Waals surface area contributed by atoms with Gasteiger partial charge in [0.15, 0.2) is 0 Å². The molecule has 2 aromatic rings. The predicted octanol–water partition coefficient (Wildman–Crippen LogP) is 5.62. The molecule has 1 aliphatic heterocycles. The molecule has 0 saturated carbocycles. The maximum atomic E-state index is 13.4. The first-order valence-corrected chi connectivity index (χ1v) is 11.4. The number of ether oxygens (including phenoxy) is 1. The van der Waals surface area contributed by atoms with Gasteiger partial charge in [-0.1, -0.05) is 12.1 Å². The summed E-state index contributed by atoms with van der Waals surface area (Å²) in [4.78, 5) is 14.4. The number of rotatable bonds is 8. The number of halogens is 7. The molecule has 0 aromatic heterocycles. The molecule has 1 fully saturated rings. The van der Waals surface area contributed by atoms with E-state index in [-0.39, 0.29) is 36.6 Å². The topological polar surface area (TPSA) is 41.6 Å². The van der Waals surface area contributed by atoms with Crippen molar-refractivity contribution in [3.05, 3.63) is 70.5 Å². The van der Waals surface area contributed by atoms with Crippen molar-refractivity contribution in [2.45, 2.75) is 37.7 Å². The van der Waals surface area contributed by atoms with Gasteiger partial charge in [-0.3, -0.25) is 4.79 Å². The molecule has 1 amide bonds. The Kier molecular flexibility index (Phi) is 8.99. The van der Waals surface area contributed by atoms with Crippen LogP contribution in [-0.4, -0.2) is 44.1 Å². The summed E-state index contributed by atoms with van der Waals surface area (Å²) in [6.07, 6.45) is -8.52. The number of carbonyl (C=O) groups excluding carboxylic acids is 1. The highest BCUT2D eigenvalue weighted by Crippen LogP contribution is 2.36. The predicted molar refractivity (Wildman–Crippen MR) is 118 cm³/mol. The van der Waals surface area contributed by atoms with E-state index in [1.54, 1.807) is 11.9 Å². The summed E-state index contributed by atoms with van der Waals surface area (Å²) >= 11 is 0. The number of piperidine rings is 1. The van der Waals surface area contributed by atoms with Gasteiger partial charge >= 0.3 is 12.4 Å². The number of nitrogens with one attached hydrogen (secondary N) is 1. The third-order valence-corrected chi connectivity index (χ3v) is 6.14. The Morgan fingerprint density at radius 3 is 2.08 bits per heavy atom. The van der Waals surface area contributed by atoms with Crippen LogP contribution >= 0.6 is 0 Å². The molecule has 0 spiro atoms. The van der Waals surface area contributed by atoms with Gasteiger partial charge in [-0.2, -0.15) is 26.3 Å². The number of hydrogen-bond acceptors (Lipinski definition) is 3. The van der Waals surface area contributed by atoms with Gasteiger partial charge in [0.2, 0.25) is 5.91 Å². The van der Waals surface area contributed by atoms with Crippen LogP contribution in [0.3, 0.4) is 0 Å². The highest BCUT2D eigenvalue weighted by Gasteiger charge is 2.37. The van der Waals surface area contributed by atoms with E-state index in [0.717, 1.165) is 13.1 Å². The fraction of sp³-hybridized carbons (Fsp3) is 0.480. The Hall–Kier alpha value is -2.66. The minimum atomic E-state index is -4.95. The molecule has 1 aliphatic rings. The molecule has 36 heavy (non-hydrogen) atoms. The van der Waals surface area contributed by atoms with E-state index in [2.05, 4.69) is 5.32 Å². The lowest BCUT2D eigenvalue weighted by Gasteiger charge is -2.30. The lowest BCUT2D eigenvalue weighted by molar-refractivity contribution is -0.143. The molecule has 1 atom stereocenters. The Labute approximate surface area is 204 Å². The van der Waals surface area contributed by atoms with Gasteiger partial charge in [0.05, 0.1) is 24.3 Å². The molecular formula is C25H27F7N2O2. The zero-order valence-electron chi connectivity index (χ0n) is 19.6. The smallest absolute Gasteiger partial charge is 0.376 e. The summed E-state index contributed by atoms with van der Waals surface area (Å²) in [6.45, 7) is 1.03. The summed E-state index contributed by atoms with van der Waals surface area (Å²) in [5.41, 5.74) is -2.49. The summed E-state index contributed by atoms with van der Waals surface area (Å²) in [5.74, 6) is -1.15. The van der Waals surface area contributed by atoms with E-state index in [0.29, 0.717) is 30.5 Å². The average molecular weight is 520 g/mol. The van der Waals surface area contributed by atoms with E-state index < -0.39 is 41.8 Å². The first-order chi connectivity index (χ1) is 16.8. The fourth-order valence-electron chi connectivity index (χ4n) is 4.21. The first-order valence-electron chi connectivity index (χ1n) is 11.4. The van der Waals surface area contributed by atoms with E-state index in [9.17, 15) is 35.5 Å². The molecule has 1 saturated heterocycles. The largest absolute Gasteiger partial charge is 0.416 e. The van der Waals surface area contributed by atoms with E-state index in [4.69, 9.17) is 4.74 Å². The van der Waals surface area contributed by atoms with Crippen molar-refractivity contribution in [3.8, 4) is 0 Å². The number of nitrogens with zero attached hydrogens (tertiary/aromatic N) is 1. The number of alkyl halides is 6. The van der Waals surface area contributed by atoms with Crippen molar-refractivity contribution in [1.82, 2.24) is 10.2 Å². The van der Waals surface area contributed by atoms with Crippen LogP contribution in [0.4, 0.5) is 30.7 Å². The lowest BCUT2D eigenvalue weighted by Crippen LogP contribution is -2.41. The van der Waals surface area contributed by atoms with Gasteiger partial charge in [-0.15, -0.1) is 0 Å². The molecule has 1 N–H and O–H groups in total. The first kappa shape index (κ1) is 27.9.